The number of nitrogens with one attached hydrogen (secondary N) is 1. The zero-order valence-corrected chi connectivity index (χ0v) is 17.4. The van der Waals surface area contributed by atoms with Crippen LogP contribution in [0.15, 0.2) is 47.6 Å². The van der Waals surface area contributed by atoms with Crippen LogP contribution in [-0.2, 0) is 4.84 Å². The van der Waals surface area contributed by atoms with Crippen LogP contribution in [-0.4, -0.2) is 41.3 Å². The molecule has 0 radical (unpaired) electrons. The molecule has 1 aliphatic carbocycles. The predicted molar refractivity (Wildman–Crippen MR) is 111 cm³/mol. The molecule has 1 saturated carbocycles. The Kier molecular flexibility index (Phi) is 7.31. The lowest BCUT2D eigenvalue weighted by molar-refractivity contribution is -0.154. The van der Waals surface area contributed by atoms with Gasteiger partial charge >= 0.3 is 6.18 Å². The number of hydrogen-bond donors (Lipinski definition) is 2. The molecule has 3 rings (SSSR count). The summed E-state index contributed by atoms with van der Waals surface area (Å²) in [6, 6.07) is 7.49. The molecule has 0 spiro atoms. The molecule has 32 heavy (non-hydrogen) atoms. The first-order valence-electron chi connectivity index (χ1n) is 9.41. The van der Waals surface area contributed by atoms with Gasteiger partial charge in [0.15, 0.2) is 12.3 Å². The van der Waals surface area contributed by atoms with E-state index in [-0.39, 0.29) is 29.6 Å². The second kappa shape index (κ2) is 9.96. The van der Waals surface area contributed by atoms with E-state index in [0.29, 0.717) is 22.2 Å². The molecule has 0 atom stereocenters. The molecule has 170 valence electrons. The topological polar surface area (TPSA) is 112 Å². The average molecular weight is 470 g/mol. The summed E-state index contributed by atoms with van der Waals surface area (Å²) in [4.78, 5) is 21.4. The standard InChI is InChI=1S/C20H19ClF3N5O3/c1-11(27-18(32-25)13-2-3-13)9-26-17(30)16-8-15(12-4-6-14(21)7-5-12)19(29-28-16)31-10-20(22,23)24/h4-8,13H,1-3,9-10,25H2,(H,26,30)/b27-18-. The molecule has 0 bridgehead atoms. The Morgan fingerprint density at radius 1 is 1.28 bits per heavy atom. The molecule has 1 aromatic heterocycles. The van der Waals surface area contributed by atoms with E-state index in [4.69, 9.17) is 27.1 Å². The van der Waals surface area contributed by atoms with Crippen molar-refractivity contribution in [2.75, 3.05) is 13.2 Å². The number of nitrogens with zero attached hydrogens (tertiary/aromatic N) is 3. The molecular formula is C20H19ClF3N5O3. The third kappa shape index (κ3) is 6.66. The van der Waals surface area contributed by atoms with E-state index in [0.717, 1.165) is 12.8 Å². The number of nitrogens with two attached hydrogens (primary N) is 1. The molecule has 0 unspecified atom stereocenters. The van der Waals surface area contributed by atoms with Crippen LogP contribution >= 0.6 is 11.6 Å². The summed E-state index contributed by atoms with van der Waals surface area (Å²) < 4.78 is 42.6. The van der Waals surface area contributed by atoms with Crippen molar-refractivity contribution >= 4 is 23.4 Å². The number of ether oxygens (including phenoxy) is 1. The second-order valence-electron chi connectivity index (χ2n) is 6.95. The Morgan fingerprint density at radius 2 is 1.97 bits per heavy atom. The Labute approximate surface area is 186 Å². The number of aliphatic imine (C=N–C) groups is 1. The van der Waals surface area contributed by atoms with E-state index in [1.165, 1.54) is 6.07 Å². The maximum atomic E-state index is 12.6. The van der Waals surface area contributed by atoms with Gasteiger partial charge in [-0.05, 0) is 36.6 Å². The van der Waals surface area contributed by atoms with Gasteiger partial charge in [-0.3, -0.25) is 4.79 Å². The van der Waals surface area contributed by atoms with E-state index in [1.54, 1.807) is 24.3 Å². The summed E-state index contributed by atoms with van der Waals surface area (Å²) >= 11 is 5.87. The molecule has 0 saturated heterocycles. The number of carbonyl (C=O) groups is 1. The van der Waals surface area contributed by atoms with Crippen molar-refractivity contribution in [2.24, 2.45) is 16.8 Å². The molecule has 12 heteroatoms. The maximum absolute atomic E-state index is 12.6. The smallest absolute Gasteiger partial charge is 0.422 e. The minimum absolute atomic E-state index is 0.0251. The summed E-state index contributed by atoms with van der Waals surface area (Å²) in [5, 5.41) is 10.3. The van der Waals surface area contributed by atoms with E-state index in [2.05, 4.69) is 27.1 Å². The highest BCUT2D eigenvalue weighted by atomic mass is 35.5. The number of carbonyl (C=O) groups excluding carboxylic acids is 1. The number of halogens is 4. The van der Waals surface area contributed by atoms with Gasteiger partial charge in [0.1, 0.15) is 0 Å². The molecular weight excluding hydrogens is 451 g/mol. The molecule has 3 N–H and O–H groups in total. The summed E-state index contributed by atoms with van der Waals surface area (Å²) in [6.45, 7) is 2.16. The molecule has 2 aromatic rings. The fourth-order valence-electron chi connectivity index (χ4n) is 2.60. The highest BCUT2D eigenvalue weighted by molar-refractivity contribution is 6.30. The lowest BCUT2D eigenvalue weighted by atomic mass is 10.1. The SMILES string of the molecule is C=C(CNC(=O)c1cc(-c2ccc(Cl)cc2)c(OCC(F)(F)F)nn1)/N=C(\ON)C1CC1. The third-order valence-corrected chi connectivity index (χ3v) is 4.54. The van der Waals surface area contributed by atoms with Crippen LogP contribution in [0.3, 0.4) is 0 Å². The second-order valence-corrected chi connectivity index (χ2v) is 7.39. The summed E-state index contributed by atoms with van der Waals surface area (Å²) in [7, 11) is 0. The normalized spacial score (nSPS) is 14.1. The average Bonchev–Trinajstić information content (AvgIpc) is 3.59. The van der Waals surface area contributed by atoms with Crippen LogP contribution in [0.2, 0.25) is 5.02 Å². The lowest BCUT2D eigenvalue weighted by Crippen LogP contribution is -2.27. The molecule has 1 heterocycles. The Morgan fingerprint density at radius 3 is 2.56 bits per heavy atom. The van der Waals surface area contributed by atoms with Crippen LogP contribution in [0, 0.1) is 5.92 Å². The highest BCUT2D eigenvalue weighted by Gasteiger charge is 2.30. The monoisotopic (exact) mass is 469 g/mol. The number of aromatic nitrogens is 2. The van der Waals surface area contributed by atoms with Crippen molar-refractivity contribution in [1.82, 2.24) is 15.5 Å². The van der Waals surface area contributed by atoms with Crippen molar-refractivity contribution in [3.8, 4) is 17.0 Å². The van der Waals surface area contributed by atoms with E-state index < -0.39 is 18.7 Å². The molecule has 8 nitrogen and oxygen atoms in total. The zero-order valence-electron chi connectivity index (χ0n) is 16.7. The van der Waals surface area contributed by atoms with Gasteiger partial charge in [0.25, 0.3) is 5.91 Å². The fraction of sp³-hybridized carbons (Fsp3) is 0.300. The van der Waals surface area contributed by atoms with Crippen LogP contribution < -0.4 is 16.0 Å². The van der Waals surface area contributed by atoms with Gasteiger partial charge in [-0.25, -0.2) is 4.99 Å². The molecule has 1 aromatic carbocycles. The van der Waals surface area contributed by atoms with E-state index in [9.17, 15) is 18.0 Å². The number of hydrogen-bond acceptors (Lipinski definition) is 7. The van der Waals surface area contributed by atoms with Crippen molar-refractivity contribution in [3.63, 3.8) is 0 Å². The maximum Gasteiger partial charge on any atom is 0.422 e. The van der Waals surface area contributed by atoms with Gasteiger partial charge < -0.3 is 14.9 Å². The van der Waals surface area contributed by atoms with Crippen molar-refractivity contribution in [1.29, 1.82) is 0 Å². The Balaban J connectivity index is 1.77. The van der Waals surface area contributed by atoms with Gasteiger partial charge in [-0.2, -0.15) is 19.1 Å². The quantitative estimate of drug-likeness (QED) is 0.346. The number of amides is 1. The summed E-state index contributed by atoms with van der Waals surface area (Å²) in [5.41, 5.74) is 0.763. The van der Waals surface area contributed by atoms with Crippen molar-refractivity contribution in [2.45, 2.75) is 19.0 Å². The minimum atomic E-state index is -4.57. The van der Waals surface area contributed by atoms with Crippen molar-refractivity contribution < 1.29 is 27.5 Å². The van der Waals surface area contributed by atoms with Crippen LogP contribution in [0.25, 0.3) is 11.1 Å². The van der Waals surface area contributed by atoms with Crippen LogP contribution in [0.1, 0.15) is 23.3 Å². The first kappa shape index (κ1) is 23.5. The Hall–Kier alpha value is -3.18. The highest BCUT2D eigenvalue weighted by Crippen LogP contribution is 2.31. The van der Waals surface area contributed by atoms with Gasteiger partial charge in [-0.1, -0.05) is 30.3 Å². The predicted octanol–water partition coefficient (Wildman–Crippen LogP) is 3.68. The molecule has 1 fully saturated rings. The number of benzene rings is 1. The first-order chi connectivity index (χ1) is 15.2. The van der Waals surface area contributed by atoms with Crippen LogP contribution in [0.4, 0.5) is 13.2 Å². The molecule has 0 aliphatic heterocycles. The molecule has 1 aliphatic rings. The zero-order chi connectivity index (χ0) is 23.3. The number of alkyl halides is 3. The summed E-state index contributed by atoms with van der Waals surface area (Å²) in [6.07, 6.45) is -2.73. The van der Waals surface area contributed by atoms with E-state index >= 15 is 0 Å². The van der Waals surface area contributed by atoms with E-state index in [1.807, 2.05) is 0 Å². The lowest BCUT2D eigenvalue weighted by Gasteiger charge is -2.13. The largest absolute Gasteiger partial charge is 0.467 e. The Bertz CT molecular complexity index is 1020. The van der Waals surface area contributed by atoms with Gasteiger partial charge in [-0.15, -0.1) is 10.2 Å². The van der Waals surface area contributed by atoms with Gasteiger partial charge in [0.2, 0.25) is 11.8 Å². The van der Waals surface area contributed by atoms with Gasteiger partial charge in [0, 0.05) is 16.5 Å². The number of rotatable bonds is 8. The third-order valence-electron chi connectivity index (χ3n) is 4.29. The minimum Gasteiger partial charge on any atom is -0.467 e. The van der Waals surface area contributed by atoms with Crippen molar-refractivity contribution in [3.05, 3.63) is 53.3 Å². The van der Waals surface area contributed by atoms with Gasteiger partial charge in [0.05, 0.1) is 12.2 Å². The van der Waals surface area contributed by atoms with Crippen LogP contribution in [0.5, 0.6) is 5.88 Å². The first-order valence-corrected chi connectivity index (χ1v) is 9.78. The summed E-state index contributed by atoms with van der Waals surface area (Å²) in [5.74, 6) is 4.69. The molecule has 1 amide bonds. The fourth-order valence-corrected chi connectivity index (χ4v) is 2.72.